The van der Waals surface area contributed by atoms with Gasteiger partial charge < -0.3 is 0 Å². The number of nitro benzene ring substituents is 3. The third-order valence-corrected chi connectivity index (χ3v) is 4.22. The lowest BCUT2D eigenvalue weighted by Crippen LogP contribution is -2.37. The summed E-state index contributed by atoms with van der Waals surface area (Å²) in [6.07, 6.45) is 3.57. The van der Waals surface area contributed by atoms with Gasteiger partial charge in [0.2, 0.25) is 0 Å². The largest absolute Gasteiger partial charge is 0.301 e. The van der Waals surface area contributed by atoms with E-state index < -0.39 is 26.1 Å². The summed E-state index contributed by atoms with van der Waals surface area (Å²) in [6, 6.07) is 14.3. The number of hydrogen-bond donors (Lipinski definition) is 1. The number of nitrogens with one attached hydrogen (secondary N) is 1. The molecule has 0 bridgehead atoms. The van der Waals surface area contributed by atoms with Gasteiger partial charge in [0.25, 0.3) is 11.4 Å². The Morgan fingerprint density at radius 1 is 0.839 bits per heavy atom. The number of benzene rings is 2. The smallest absolute Gasteiger partial charge is 0.271 e. The van der Waals surface area contributed by atoms with Gasteiger partial charge in [-0.3, -0.25) is 35.8 Å². The number of hydrogen-bond acceptors (Lipinski definition) is 8. The van der Waals surface area contributed by atoms with E-state index in [4.69, 9.17) is 0 Å². The second-order valence-electron chi connectivity index (χ2n) is 6.24. The molecule has 0 saturated carbocycles. The lowest BCUT2D eigenvalue weighted by molar-refractivity contribution is -0.681. The fraction of sp³-hybridized carbons (Fsp3) is 0.0526. The molecular weight excluding hydrogens is 408 g/mol. The predicted molar refractivity (Wildman–Crippen MR) is 110 cm³/mol. The highest BCUT2D eigenvalue weighted by Gasteiger charge is 2.20. The Bertz CT molecular complexity index is 1160. The van der Waals surface area contributed by atoms with Crippen LogP contribution in [0.2, 0.25) is 0 Å². The minimum atomic E-state index is -0.748. The summed E-state index contributed by atoms with van der Waals surface area (Å²) in [5.41, 5.74) is 2.53. The van der Waals surface area contributed by atoms with E-state index >= 15 is 0 Å². The SMILES string of the molecule is O=[N+]([O-])c1ccc(C(C[n+]2ccccc2)=NNc2ccc([N+](=O)[O-])cc2[N+](=O)[O-])cc1. The maximum absolute atomic E-state index is 11.3. The average molecular weight is 423 g/mol. The number of pyridine rings is 1. The highest BCUT2D eigenvalue weighted by atomic mass is 16.6. The maximum atomic E-state index is 11.3. The van der Waals surface area contributed by atoms with Crippen LogP contribution in [0.5, 0.6) is 0 Å². The second kappa shape index (κ2) is 9.17. The van der Waals surface area contributed by atoms with Crippen LogP contribution in [0.4, 0.5) is 22.7 Å². The summed E-state index contributed by atoms with van der Waals surface area (Å²) in [5, 5.41) is 37.4. The lowest BCUT2D eigenvalue weighted by Gasteiger charge is -2.07. The van der Waals surface area contributed by atoms with Crippen LogP contribution in [0.3, 0.4) is 0 Å². The third kappa shape index (κ3) is 5.20. The Hall–Kier alpha value is -4.74. The van der Waals surface area contributed by atoms with Crippen LogP contribution in [-0.2, 0) is 6.54 Å². The molecule has 0 saturated heterocycles. The topological polar surface area (TPSA) is 158 Å². The first kappa shape index (κ1) is 21.0. The zero-order chi connectivity index (χ0) is 22.4. The molecule has 0 unspecified atom stereocenters. The van der Waals surface area contributed by atoms with Gasteiger partial charge in [0.1, 0.15) is 11.4 Å². The molecule has 0 spiro atoms. The normalized spacial score (nSPS) is 11.0. The number of non-ortho nitro benzene ring substituents is 2. The number of hydrazone groups is 1. The van der Waals surface area contributed by atoms with E-state index in [9.17, 15) is 30.3 Å². The second-order valence-corrected chi connectivity index (χ2v) is 6.24. The molecule has 0 amide bonds. The first-order chi connectivity index (χ1) is 14.8. The number of nitro groups is 3. The van der Waals surface area contributed by atoms with Crippen molar-refractivity contribution in [2.24, 2.45) is 5.10 Å². The Labute approximate surface area is 174 Å². The number of anilines is 1. The van der Waals surface area contributed by atoms with Gasteiger partial charge in [-0.1, -0.05) is 6.07 Å². The van der Waals surface area contributed by atoms with E-state index in [0.717, 1.165) is 12.1 Å². The van der Waals surface area contributed by atoms with Crippen molar-refractivity contribution < 1.29 is 19.3 Å². The summed E-state index contributed by atoms with van der Waals surface area (Å²) < 4.78 is 1.80. The van der Waals surface area contributed by atoms with Gasteiger partial charge in [0.15, 0.2) is 18.9 Å². The van der Waals surface area contributed by atoms with Crippen molar-refractivity contribution in [3.8, 4) is 0 Å². The molecule has 0 aliphatic rings. The molecule has 0 aliphatic carbocycles. The molecule has 12 nitrogen and oxygen atoms in total. The van der Waals surface area contributed by atoms with E-state index in [1.54, 1.807) is 17.0 Å². The van der Waals surface area contributed by atoms with Gasteiger partial charge in [0.05, 0.1) is 20.8 Å². The molecule has 12 heteroatoms. The van der Waals surface area contributed by atoms with E-state index in [-0.39, 0.29) is 17.9 Å². The summed E-state index contributed by atoms with van der Waals surface area (Å²) in [7, 11) is 0. The molecular formula is C19H15N6O6+. The number of aromatic nitrogens is 1. The van der Waals surface area contributed by atoms with Crippen molar-refractivity contribution in [1.82, 2.24) is 0 Å². The predicted octanol–water partition coefficient (Wildman–Crippen LogP) is 3.22. The summed E-state index contributed by atoms with van der Waals surface area (Å²) in [5.74, 6) is 0. The highest BCUT2D eigenvalue weighted by molar-refractivity contribution is 6.00. The van der Waals surface area contributed by atoms with E-state index in [1.165, 1.54) is 30.3 Å². The number of rotatable bonds is 8. The maximum Gasteiger partial charge on any atom is 0.301 e. The van der Waals surface area contributed by atoms with E-state index in [1.807, 2.05) is 18.2 Å². The van der Waals surface area contributed by atoms with Gasteiger partial charge in [0, 0.05) is 35.9 Å². The fourth-order valence-corrected chi connectivity index (χ4v) is 2.69. The fourth-order valence-electron chi connectivity index (χ4n) is 2.69. The molecule has 2 aromatic carbocycles. The first-order valence-electron chi connectivity index (χ1n) is 8.79. The molecule has 31 heavy (non-hydrogen) atoms. The molecule has 3 aromatic rings. The van der Waals surface area contributed by atoms with Crippen LogP contribution in [0, 0.1) is 30.3 Å². The van der Waals surface area contributed by atoms with Gasteiger partial charge >= 0.3 is 5.69 Å². The average Bonchev–Trinajstić information content (AvgIpc) is 2.77. The molecule has 1 N–H and O–H groups in total. The molecule has 0 aliphatic heterocycles. The number of nitrogens with zero attached hydrogens (tertiary/aromatic N) is 5. The molecule has 1 heterocycles. The van der Waals surface area contributed by atoms with Crippen molar-refractivity contribution in [2.45, 2.75) is 6.54 Å². The quantitative estimate of drug-likeness (QED) is 0.252. The van der Waals surface area contributed by atoms with Gasteiger partial charge in [-0.25, -0.2) is 0 Å². The Morgan fingerprint density at radius 3 is 2.03 bits per heavy atom. The standard InChI is InChI=1S/C19H15N6O6/c26-23(27)15-6-4-14(5-7-15)18(13-22-10-2-1-3-11-22)21-20-17-9-8-16(24(28)29)12-19(17)25(30)31/h1-12,20H,13H2/q+1. The monoisotopic (exact) mass is 423 g/mol. The minimum Gasteiger partial charge on any atom is -0.271 e. The van der Waals surface area contributed by atoms with Crippen LogP contribution in [0.15, 0.2) is 78.2 Å². The van der Waals surface area contributed by atoms with Crippen LogP contribution in [0.1, 0.15) is 5.56 Å². The van der Waals surface area contributed by atoms with Gasteiger partial charge in [-0.15, -0.1) is 0 Å². The van der Waals surface area contributed by atoms with Crippen molar-refractivity contribution in [3.63, 3.8) is 0 Å². The zero-order valence-electron chi connectivity index (χ0n) is 15.8. The molecule has 0 atom stereocenters. The summed E-state index contributed by atoms with van der Waals surface area (Å²) in [4.78, 5) is 31.1. The molecule has 1 aromatic heterocycles. The molecule has 3 rings (SSSR count). The highest BCUT2D eigenvalue weighted by Crippen LogP contribution is 2.29. The van der Waals surface area contributed by atoms with E-state index in [0.29, 0.717) is 11.3 Å². The Morgan fingerprint density at radius 2 is 1.45 bits per heavy atom. The summed E-state index contributed by atoms with van der Waals surface area (Å²) in [6.45, 7) is 0.256. The van der Waals surface area contributed by atoms with Crippen molar-refractivity contribution in [1.29, 1.82) is 0 Å². The third-order valence-electron chi connectivity index (χ3n) is 4.22. The van der Waals surface area contributed by atoms with Crippen molar-refractivity contribution in [2.75, 3.05) is 5.43 Å². The zero-order valence-corrected chi connectivity index (χ0v) is 15.8. The molecule has 0 radical (unpaired) electrons. The first-order valence-corrected chi connectivity index (χ1v) is 8.79. The van der Waals surface area contributed by atoms with Crippen molar-refractivity contribution >= 4 is 28.5 Å². The Balaban J connectivity index is 1.98. The Kier molecular flexibility index (Phi) is 6.21. The van der Waals surface area contributed by atoms with E-state index in [2.05, 4.69) is 10.5 Å². The van der Waals surface area contributed by atoms with Crippen LogP contribution >= 0.6 is 0 Å². The van der Waals surface area contributed by atoms with Crippen molar-refractivity contribution in [3.05, 3.63) is 109 Å². The van der Waals surface area contributed by atoms with Gasteiger partial charge in [-0.2, -0.15) is 9.67 Å². The lowest BCUT2D eigenvalue weighted by atomic mass is 10.1. The van der Waals surface area contributed by atoms with Crippen LogP contribution < -0.4 is 9.99 Å². The van der Waals surface area contributed by atoms with Crippen LogP contribution in [-0.4, -0.2) is 20.5 Å². The van der Waals surface area contributed by atoms with Crippen LogP contribution in [0.25, 0.3) is 0 Å². The molecule has 0 fully saturated rings. The summed E-state index contributed by atoms with van der Waals surface area (Å²) >= 11 is 0. The molecule has 156 valence electrons. The minimum absolute atomic E-state index is 0.0342. The van der Waals surface area contributed by atoms with Gasteiger partial charge in [-0.05, 0) is 18.2 Å².